The van der Waals surface area contributed by atoms with E-state index in [0.717, 1.165) is 11.1 Å². The topological polar surface area (TPSA) is 107 Å². The van der Waals surface area contributed by atoms with Gasteiger partial charge in [-0.25, -0.2) is 13.2 Å². The van der Waals surface area contributed by atoms with E-state index in [-0.39, 0.29) is 16.0 Å². The summed E-state index contributed by atoms with van der Waals surface area (Å²) in [5.41, 5.74) is 2.44. The second-order valence-electron chi connectivity index (χ2n) is 6.37. The molecule has 0 heterocycles. The molecule has 3 rings (SSSR count). The van der Waals surface area contributed by atoms with Crippen LogP contribution in [0.25, 0.3) is 0 Å². The van der Waals surface area contributed by atoms with Gasteiger partial charge in [-0.3, -0.25) is 4.72 Å². The molecule has 0 atom stereocenters. The number of carboxylic acids is 1. The summed E-state index contributed by atoms with van der Waals surface area (Å²) in [6, 6.07) is 21.6. The van der Waals surface area contributed by atoms with Gasteiger partial charge in [0.05, 0.1) is 11.1 Å². The largest absolute Gasteiger partial charge is 0.478 e. The summed E-state index contributed by atoms with van der Waals surface area (Å²) >= 11 is 0. The summed E-state index contributed by atoms with van der Waals surface area (Å²) in [7, 11) is -3.88. The second kappa shape index (κ2) is 8.59. The lowest BCUT2D eigenvalue weighted by Gasteiger charge is -2.10. The second-order valence-corrected chi connectivity index (χ2v) is 8.02. The Kier molecular flexibility index (Phi) is 5.96. The highest BCUT2D eigenvalue weighted by atomic mass is 32.2. The van der Waals surface area contributed by atoms with Crippen molar-refractivity contribution in [1.29, 1.82) is 5.26 Å². The molecule has 2 N–H and O–H groups in total. The summed E-state index contributed by atoms with van der Waals surface area (Å²) in [6.45, 7) is 0. The molecule has 0 aliphatic rings. The fourth-order valence-corrected chi connectivity index (χ4v) is 4.19. The molecule has 29 heavy (non-hydrogen) atoms. The average Bonchev–Trinajstić information content (AvgIpc) is 2.73. The van der Waals surface area contributed by atoms with Crippen molar-refractivity contribution in [2.75, 3.05) is 4.72 Å². The lowest BCUT2D eigenvalue weighted by atomic mass is 10.00. The fraction of sp³-hybridized carbons (Fsp3) is 0.0909. The first-order chi connectivity index (χ1) is 13.9. The standard InChI is InChI=1S/C22H18N2O4S/c23-15-18-6-2-4-8-21(18)29(27,28)24-19-13-10-16(11-14-19)9-12-17-5-1-3-7-20(17)22(25)26/h1-8,10-11,13-14,24H,9,12H2,(H,25,26). The Balaban J connectivity index is 1.71. The molecule has 6 nitrogen and oxygen atoms in total. The van der Waals surface area contributed by atoms with Gasteiger partial charge in [0.2, 0.25) is 0 Å². The van der Waals surface area contributed by atoms with Crippen LogP contribution >= 0.6 is 0 Å². The zero-order valence-corrected chi connectivity index (χ0v) is 16.2. The van der Waals surface area contributed by atoms with Crippen molar-refractivity contribution in [3.8, 4) is 6.07 Å². The smallest absolute Gasteiger partial charge is 0.335 e. The average molecular weight is 406 g/mol. The third kappa shape index (κ3) is 4.81. The van der Waals surface area contributed by atoms with Crippen LogP contribution in [0.2, 0.25) is 0 Å². The number of aryl methyl sites for hydroxylation is 2. The van der Waals surface area contributed by atoms with Crippen molar-refractivity contribution in [2.24, 2.45) is 0 Å². The molecular formula is C22H18N2O4S. The number of anilines is 1. The normalized spacial score (nSPS) is 10.9. The highest BCUT2D eigenvalue weighted by Crippen LogP contribution is 2.20. The third-order valence-corrected chi connectivity index (χ3v) is 5.87. The highest BCUT2D eigenvalue weighted by Gasteiger charge is 2.18. The number of hydrogen-bond donors (Lipinski definition) is 2. The number of carbonyl (C=O) groups is 1. The van der Waals surface area contributed by atoms with E-state index < -0.39 is 16.0 Å². The number of benzene rings is 3. The van der Waals surface area contributed by atoms with E-state index >= 15 is 0 Å². The Bertz CT molecular complexity index is 1180. The first-order valence-electron chi connectivity index (χ1n) is 8.83. The van der Waals surface area contributed by atoms with Gasteiger partial charge in [0.15, 0.2) is 0 Å². The number of nitriles is 1. The molecule has 0 aliphatic heterocycles. The van der Waals surface area contributed by atoms with Crippen LogP contribution in [0, 0.1) is 11.3 Å². The highest BCUT2D eigenvalue weighted by molar-refractivity contribution is 7.92. The van der Waals surface area contributed by atoms with Gasteiger partial charge in [-0.2, -0.15) is 5.26 Å². The molecule has 7 heteroatoms. The molecule has 0 bridgehead atoms. The Morgan fingerprint density at radius 2 is 1.59 bits per heavy atom. The number of carboxylic acid groups (broad SMARTS) is 1. The van der Waals surface area contributed by atoms with E-state index in [1.54, 1.807) is 60.7 Å². The molecule has 0 fully saturated rings. The van der Waals surface area contributed by atoms with Crippen LogP contribution in [0.4, 0.5) is 5.69 Å². The van der Waals surface area contributed by atoms with Crippen LogP contribution in [0.1, 0.15) is 27.0 Å². The van der Waals surface area contributed by atoms with E-state index in [9.17, 15) is 18.3 Å². The SMILES string of the molecule is N#Cc1ccccc1S(=O)(=O)Nc1ccc(CCc2ccccc2C(=O)O)cc1. The fourth-order valence-electron chi connectivity index (χ4n) is 2.97. The summed E-state index contributed by atoms with van der Waals surface area (Å²) < 4.78 is 27.6. The maximum atomic E-state index is 12.6. The van der Waals surface area contributed by atoms with E-state index in [1.807, 2.05) is 6.07 Å². The van der Waals surface area contributed by atoms with Crippen LogP contribution < -0.4 is 4.72 Å². The monoisotopic (exact) mass is 406 g/mol. The van der Waals surface area contributed by atoms with Gasteiger partial charge in [-0.15, -0.1) is 0 Å². The zero-order chi connectivity index (χ0) is 20.9. The van der Waals surface area contributed by atoms with Gasteiger partial charge in [0.1, 0.15) is 11.0 Å². The quantitative estimate of drug-likeness (QED) is 0.620. The van der Waals surface area contributed by atoms with Crippen LogP contribution in [-0.2, 0) is 22.9 Å². The molecule has 0 unspecified atom stereocenters. The Morgan fingerprint density at radius 3 is 2.28 bits per heavy atom. The van der Waals surface area contributed by atoms with Crippen molar-refractivity contribution in [2.45, 2.75) is 17.7 Å². The Morgan fingerprint density at radius 1 is 0.931 bits per heavy atom. The van der Waals surface area contributed by atoms with Crippen LogP contribution in [0.5, 0.6) is 0 Å². The van der Waals surface area contributed by atoms with Crippen molar-refractivity contribution >= 4 is 21.7 Å². The van der Waals surface area contributed by atoms with Crippen LogP contribution in [-0.4, -0.2) is 19.5 Å². The molecule has 0 saturated heterocycles. The van der Waals surface area contributed by atoms with Crippen molar-refractivity contribution in [3.05, 3.63) is 95.1 Å². The first-order valence-corrected chi connectivity index (χ1v) is 10.3. The van der Waals surface area contributed by atoms with Gasteiger partial charge in [0, 0.05) is 5.69 Å². The minimum atomic E-state index is -3.88. The third-order valence-electron chi connectivity index (χ3n) is 4.43. The minimum absolute atomic E-state index is 0.0724. The summed E-state index contributed by atoms with van der Waals surface area (Å²) in [5, 5.41) is 18.4. The molecular weight excluding hydrogens is 388 g/mol. The Labute approximate surface area is 169 Å². The number of hydrogen-bond acceptors (Lipinski definition) is 4. The van der Waals surface area contributed by atoms with Crippen molar-refractivity contribution < 1.29 is 18.3 Å². The molecule has 3 aromatic carbocycles. The summed E-state index contributed by atoms with van der Waals surface area (Å²) in [6.07, 6.45) is 1.18. The minimum Gasteiger partial charge on any atom is -0.478 e. The van der Waals surface area contributed by atoms with Crippen molar-refractivity contribution in [3.63, 3.8) is 0 Å². The molecule has 0 aliphatic carbocycles. The number of rotatable bonds is 7. The number of nitrogens with zero attached hydrogens (tertiary/aromatic N) is 1. The maximum absolute atomic E-state index is 12.6. The lowest BCUT2D eigenvalue weighted by molar-refractivity contribution is 0.0695. The van der Waals surface area contributed by atoms with Gasteiger partial charge < -0.3 is 5.11 Å². The molecule has 0 radical (unpaired) electrons. The number of nitrogens with one attached hydrogen (secondary N) is 1. The summed E-state index contributed by atoms with van der Waals surface area (Å²) in [5.74, 6) is -0.956. The van der Waals surface area contributed by atoms with E-state index in [1.165, 1.54) is 12.1 Å². The number of sulfonamides is 1. The molecule has 0 spiro atoms. The van der Waals surface area contributed by atoms with E-state index in [2.05, 4.69) is 4.72 Å². The molecule has 0 amide bonds. The van der Waals surface area contributed by atoms with Gasteiger partial charge in [-0.1, -0.05) is 42.5 Å². The van der Waals surface area contributed by atoms with Crippen LogP contribution in [0.3, 0.4) is 0 Å². The molecule has 146 valence electrons. The number of aromatic carboxylic acids is 1. The van der Waals surface area contributed by atoms with Gasteiger partial charge >= 0.3 is 5.97 Å². The lowest BCUT2D eigenvalue weighted by Crippen LogP contribution is -2.14. The predicted molar refractivity (Wildman–Crippen MR) is 109 cm³/mol. The van der Waals surface area contributed by atoms with Gasteiger partial charge in [0.25, 0.3) is 10.0 Å². The van der Waals surface area contributed by atoms with Crippen molar-refractivity contribution in [1.82, 2.24) is 0 Å². The van der Waals surface area contributed by atoms with Crippen LogP contribution in [0.15, 0.2) is 77.7 Å². The first kappa shape index (κ1) is 20.1. The molecule has 0 aromatic heterocycles. The van der Waals surface area contributed by atoms with E-state index in [0.29, 0.717) is 18.5 Å². The summed E-state index contributed by atoms with van der Waals surface area (Å²) in [4.78, 5) is 11.2. The molecule has 3 aromatic rings. The molecule has 0 saturated carbocycles. The van der Waals surface area contributed by atoms with Gasteiger partial charge in [-0.05, 0) is 54.3 Å². The Hall–Kier alpha value is -3.63. The maximum Gasteiger partial charge on any atom is 0.335 e. The zero-order valence-electron chi connectivity index (χ0n) is 15.4. The predicted octanol–water partition coefficient (Wildman–Crippen LogP) is 3.84. The van der Waals surface area contributed by atoms with E-state index in [4.69, 9.17) is 5.26 Å².